The normalized spacial score (nSPS) is 20.8. The zero-order valence-electron chi connectivity index (χ0n) is 10.5. The van der Waals surface area contributed by atoms with Crippen molar-refractivity contribution in [3.8, 4) is 0 Å². The van der Waals surface area contributed by atoms with Gasteiger partial charge in [0.2, 0.25) is 0 Å². The van der Waals surface area contributed by atoms with Crippen LogP contribution in [0.5, 0.6) is 0 Å². The molecular weight excluding hydrogens is 208 g/mol. The van der Waals surface area contributed by atoms with Crippen LogP contribution in [-0.4, -0.2) is 13.1 Å². The SMILES string of the molecule is NCC1(CNc2ccc3c(c2)CCC3)CCC1. The quantitative estimate of drug-likeness (QED) is 0.834. The van der Waals surface area contributed by atoms with Crippen LogP contribution in [0.1, 0.15) is 36.8 Å². The second-order valence-electron chi connectivity index (χ2n) is 5.75. The molecule has 3 N–H and O–H groups in total. The Hall–Kier alpha value is -1.02. The number of anilines is 1. The average Bonchev–Trinajstić information content (AvgIpc) is 2.75. The predicted molar refractivity (Wildman–Crippen MR) is 72.3 cm³/mol. The van der Waals surface area contributed by atoms with E-state index in [4.69, 9.17) is 5.73 Å². The summed E-state index contributed by atoms with van der Waals surface area (Å²) in [6, 6.07) is 6.86. The third-order valence-electron chi connectivity index (χ3n) is 4.61. The lowest BCUT2D eigenvalue weighted by atomic mass is 9.69. The van der Waals surface area contributed by atoms with Crippen molar-refractivity contribution >= 4 is 5.69 Å². The van der Waals surface area contributed by atoms with Gasteiger partial charge in [0.15, 0.2) is 0 Å². The molecule has 0 unspecified atom stereocenters. The summed E-state index contributed by atoms with van der Waals surface area (Å²) in [5.74, 6) is 0. The van der Waals surface area contributed by atoms with Crippen molar-refractivity contribution in [3.63, 3.8) is 0 Å². The molecule has 1 aromatic carbocycles. The highest BCUT2D eigenvalue weighted by Crippen LogP contribution is 2.40. The maximum absolute atomic E-state index is 5.88. The number of rotatable bonds is 4. The largest absolute Gasteiger partial charge is 0.384 e. The minimum absolute atomic E-state index is 0.388. The van der Waals surface area contributed by atoms with Crippen LogP contribution in [0.15, 0.2) is 18.2 Å². The summed E-state index contributed by atoms with van der Waals surface area (Å²) in [7, 11) is 0. The molecule has 0 atom stereocenters. The topological polar surface area (TPSA) is 38.0 Å². The maximum atomic E-state index is 5.88. The monoisotopic (exact) mass is 230 g/mol. The van der Waals surface area contributed by atoms with Gasteiger partial charge < -0.3 is 11.1 Å². The molecule has 2 nitrogen and oxygen atoms in total. The van der Waals surface area contributed by atoms with Gasteiger partial charge in [0, 0.05) is 12.2 Å². The third kappa shape index (κ3) is 2.06. The van der Waals surface area contributed by atoms with Gasteiger partial charge in [0.1, 0.15) is 0 Å². The average molecular weight is 230 g/mol. The van der Waals surface area contributed by atoms with E-state index in [0.29, 0.717) is 5.41 Å². The van der Waals surface area contributed by atoms with Crippen LogP contribution in [0.3, 0.4) is 0 Å². The van der Waals surface area contributed by atoms with Crippen LogP contribution in [0.2, 0.25) is 0 Å². The van der Waals surface area contributed by atoms with Crippen LogP contribution >= 0.6 is 0 Å². The molecule has 2 aliphatic carbocycles. The number of nitrogens with two attached hydrogens (primary N) is 1. The van der Waals surface area contributed by atoms with Crippen LogP contribution in [0.4, 0.5) is 5.69 Å². The fourth-order valence-corrected chi connectivity index (χ4v) is 3.10. The van der Waals surface area contributed by atoms with Crippen LogP contribution in [-0.2, 0) is 12.8 Å². The minimum atomic E-state index is 0.388. The number of aryl methyl sites for hydroxylation is 2. The molecule has 2 heteroatoms. The first-order chi connectivity index (χ1) is 8.31. The van der Waals surface area contributed by atoms with E-state index in [1.165, 1.54) is 44.2 Å². The summed E-state index contributed by atoms with van der Waals surface area (Å²) in [5.41, 5.74) is 10.6. The molecule has 0 saturated heterocycles. The Morgan fingerprint density at radius 2 is 1.94 bits per heavy atom. The molecule has 1 fully saturated rings. The fourth-order valence-electron chi connectivity index (χ4n) is 3.10. The first-order valence-corrected chi connectivity index (χ1v) is 6.87. The Bertz CT molecular complexity index is 402. The van der Waals surface area contributed by atoms with Crippen molar-refractivity contribution in [2.24, 2.45) is 11.1 Å². The summed E-state index contributed by atoms with van der Waals surface area (Å²) >= 11 is 0. The van der Waals surface area contributed by atoms with Gasteiger partial charge in [-0.05, 0) is 67.3 Å². The standard InChI is InChI=1S/C15H22N2/c16-10-15(7-2-8-15)11-17-14-6-5-12-3-1-4-13(12)9-14/h5-6,9,17H,1-4,7-8,10-11,16H2. The van der Waals surface area contributed by atoms with E-state index in [1.807, 2.05) is 0 Å². The van der Waals surface area contributed by atoms with Crippen molar-refractivity contribution in [1.82, 2.24) is 0 Å². The van der Waals surface area contributed by atoms with Gasteiger partial charge in [0.05, 0.1) is 0 Å². The number of hydrogen-bond donors (Lipinski definition) is 2. The molecule has 2 aliphatic rings. The van der Waals surface area contributed by atoms with Gasteiger partial charge in [-0.15, -0.1) is 0 Å². The second kappa shape index (κ2) is 4.34. The number of hydrogen-bond acceptors (Lipinski definition) is 2. The van der Waals surface area contributed by atoms with Crippen LogP contribution in [0, 0.1) is 5.41 Å². The molecule has 17 heavy (non-hydrogen) atoms. The fraction of sp³-hybridized carbons (Fsp3) is 0.600. The van der Waals surface area contributed by atoms with Crippen LogP contribution in [0.25, 0.3) is 0 Å². The smallest absolute Gasteiger partial charge is 0.0343 e. The second-order valence-corrected chi connectivity index (χ2v) is 5.75. The van der Waals surface area contributed by atoms with E-state index >= 15 is 0 Å². The van der Waals surface area contributed by atoms with Crippen molar-refractivity contribution in [3.05, 3.63) is 29.3 Å². The molecule has 92 valence electrons. The molecule has 0 heterocycles. The lowest BCUT2D eigenvalue weighted by molar-refractivity contribution is 0.163. The van der Waals surface area contributed by atoms with Gasteiger partial charge in [-0.25, -0.2) is 0 Å². The van der Waals surface area contributed by atoms with Crippen molar-refractivity contribution in [2.45, 2.75) is 38.5 Å². The van der Waals surface area contributed by atoms with E-state index in [2.05, 4.69) is 23.5 Å². The Morgan fingerprint density at radius 1 is 1.12 bits per heavy atom. The molecular formula is C15H22N2. The van der Waals surface area contributed by atoms with Gasteiger partial charge in [-0.3, -0.25) is 0 Å². The van der Waals surface area contributed by atoms with E-state index in [-0.39, 0.29) is 0 Å². The van der Waals surface area contributed by atoms with Crippen molar-refractivity contribution in [2.75, 3.05) is 18.4 Å². The summed E-state index contributed by atoms with van der Waals surface area (Å²) in [4.78, 5) is 0. The van der Waals surface area contributed by atoms with Gasteiger partial charge >= 0.3 is 0 Å². The molecule has 0 bridgehead atoms. The number of fused-ring (bicyclic) bond motifs is 1. The Kier molecular flexibility index (Phi) is 2.83. The zero-order chi connectivity index (χ0) is 11.7. The number of nitrogens with one attached hydrogen (secondary N) is 1. The molecule has 0 aromatic heterocycles. The Labute approximate surface area is 104 Å². The highest BCUT2D eigenvalue weighted by atomic mass is 14.9. The first-order valence-electron chi connectivity index (χ1n) is 6.87. The predicted octanol–water partition coefficient (Wildman–Crippen LogP) is 2.72. The van der Waals surface area contributed by atoms with Gasteiger partial charge in [0.25, 0.3) is 0 Å². The molecule has 0 amide bonds. The lowest BCUT2D eigenvalue weighted by Gasteiger charge is -2.41. The molecule has 0 aliphatic heterocycles. The summed E-state index contributed by atoms with van der Waals surface area (Å²) in [6.45, 7) is 1.87. The molecule has 0 spiro atoms. The minimum Gasteiger partial charge on any atom is -0.384 e. The molecule has 1 aromatic rings. The Balaban J connectivity index is 1.65. The van der Waals surface area contributed by atoms with Crippen molar-refractivity contribution < 1.29 is 0 Å². The highest BCUT2D eigenvalue weighted by Gasteiger charge is 2.35. The summed E-state index contributed by atoms with van der Waals surface area (Å²) in [6.07, 6.45) is 7.78. The lowest BCUT2D eigenvalue weighted by Crippen LogP contribution is -2.42. The summed E-state index contributed by atoms with van der Waals surface area (Å²) < 4.78 is 0. The first kappa shape index (κ1) is 11.1. The number of benzene rings is 1. The molecule has 0 radical (unpaired) electrons. The zero-order valence-corrected chi connectivity index (χ0v) is 10.5. The summed E-state index contributed by atoms with van der Waals surface area (Å²) in [5, 5.41) is 3.59. The molecule has 3 rings (SSSR count). The van der Waals surface area contributed by atoms with Gasteiger partial charge in [-0.1, -0.05) is 12.5 Å². The maximum Gasteiger partial charge on any atom is 0.0343 e. The van der Waals surface area contributed by atoms with E-state index in [0.717, 1.165) is 13.1 Å². The van der Waals surface area contributed by atoms with Gasteiger partial charge in [-0.2, -0.15) is 0 Å². The molecule has 1 saturated carbocycles. The van der Waals surface area contributed by atoms with E-state index < -0.39 is 0 Å². The highest BCUT2D eigenvalue weighted by molar-refractivity contribution is 5.50. The van der Waals surface area contributed by atoms with Crippen LogP contribution < -0.4 is 11.1 Å². The van der Waals surface area contributed by atoms with E-state index in [9.17, 15) is 0 Å². The Morgan fingerprint density at radius 3 is 2.65 bits per heavy atom. The van der Waals surface area contributed by atoms with Crippen molar-refractivity contribution in [1.29, 1.82) is 0 Å². The van der Waals surface area contributed by atoms with E-state index in [1.54, 1.807) is 11.1 Å². The third-order valence-corrected chi connectivity index (χ3v) is 4.61.